The molecule has 1 aromatic heterocycles. The van der Waals surface area contributed by atoms with Gasteiger partial charge in [-0.3, -0.25) is 9.98 Å². The smallest absolute Gasteiger partial charge is 0.0631 e. The van der Waals surface area contributed by atoms with E-state index in [1.807, 2.05) is 30.5 Å². The first kappa shape index (κ1) is 19.6. The van der Waals surface area contributed by atoms with Crippen molar-refractivity contribution < 1.29 is 22.4 Å². The number of hydrogen-bond acceptors (Lipinski definition) is 6. The van der Waals surface area contributed by atoms with Gasteiger partial charge in [-0.25, -0.2) is 4.71 Å². The topological polar surface area (TPSA) is 31.7 Å². The zero-order valence-corrected chi connectivity index (χ0v) is 16.8. The standard InChI is InChI=1S/C17H20N4S2.Au/c22-17(23)21-11-9-20(10-12-21)16-3-1-15(2-4-16)19-13-14-5-7-18-8-6-14;/h1-8,13,17,22-23H,9-12H2;/p-2. The van der Waals surface area contributed by atoms with E-state index >= 15 is 0 Å². The van der Waals surface area contributed by atoms with E-state index in [-0.39, 0.29) is 27.1 Å². The van der Waals surface area contributed by atoms with Crippen molar-refractivity contribution >= 4 is 42.8 Å². The molecule has 0 amide bonds. The van der Waals surface area contributed by atoms with Gasteiger partial charge >= 0.3 is 0 Å². The van der Waals surface area contributed by atoms with Gasteiger partial charge in [-0.05, 0) is 42.0 Å². The summed E-state index contributed by atoms with van der Waals surface area (Å²) in [5, 5.41) is 0. The van der Waals surface area contributed by atoms with Crippen molar-refractivity contribution in [3.8, 4) is 0 Å². The van der Waals surface area contributed by atoms with E-state index in [4.69, 9.17) is 25.3 Å². The van der Waals surface area contributed by atoms with Gasteiger partial charge < -0.3 is 35.1 Å². The second-order valence-electron chi connectivity index (χ2n) is 5.39. The molecule has 24 heavy (non-hydrogen) atoms. The van der Waals surface area contributed by atoms with E-state index < -0.39 is 0 Å². The minimum atomic E-state index is -0.193. The Morgan fingerprint density at radius 2 is 1.58 bits per heavy atom. The molecule has 3 rings (SSSR count). The van der Waals surface area contributed by atoms with Crippen LogP contribution in [0.2, 0.25) is 0 Å². The van der Waals surface area contributed by atoms with Crippen LogP contribution in [0.25, 0.3) is 0 Å². The summed E-state index contributed by atoms with van der Waals surface area (Å²) >= 11 is 10.3. The summed E-state index contributed by atoms with van der Waals surface area (Å²) in [4.78, 5) is 13.0. The number of rotatable bonds is 4. The van der Waals surface area contributed by atoms with Crippen LogP contribution in [0.5, 0.6) is 0 Å². The maximum Gasteiger partial charge on any atom is 0.0631 e. The Hall–Kier alpha value is -0.760. The Kier molecular flexibility index (Phi) is 7.87. The molecule has 7 heteroatoms. The van der Waals surface area contributed by atoms with Crippen LogP contribution in [-0.2, 0) is 47.6 Å². The van der Waals surface area contributed by atoms with Crippen LogP contribution in [0.15, 0.2) is 53.8 Å². The summed E-state index contributed by atoms with van der Waals surface area (Å²) in [6.45, 7) is 3.78. The molecule has 1 radical (unpaired) electrons. The van der Waals surface area contributed by atoms with Gasteiger partial charge in [-0.1, -0.05) is 0 Å². The molecule has 4 nitrogen and oxygen atoms in total. The van der Waals surface area contributed by atoms with Crippen LogP contribution in [0.1, 0.15) is 5.56 Å². The number of benzene rings is 1. The van der Waals surface area contributed by atoms with Crippen molar-refractivity contribution in [2.24, 2.45) is 4.99 Å². The molecular weight excluding hydrogens is 521 g/mol. The van der Waals surface area contributed by atoms with Crippen molar-refractivity contribution in [2.45, 2.75) is 4.71 Å². The summed E-state index contributed by atoms with van der Waals surface area (Å²) in [5.74, 6) is 0. The van der Waals surface area contributed by atoms with Gasteiger partial charge in [0.05, 0.1) is 5.69 Å². The first-order chi connectivity index (χ1) is 11.2. The Bertz CT molecular complexity index is 641. The molecule has 0 bridgehead atoms. The Labute approximate surface area is 169 Å². The van der Waals surface area contributed by atoms with Crippen LogP contribution < -0.4 is 4.90 Å². The van der Waals surface area contributed by atoms with E-state index in [2.05, 4.69) is 31.9 Å². The van der Waals surface area contributed by atoms with E-state index in [9.17, 15) is 0 Å². The normalized spacial score (nSPS) is 15.7. The average molecular weight is 539 g/mol. The van der Waals surface area contributed by atoms with Crippen LogP contribution in [0.4, 0.5) is 11.4 Å². The van der Waals surface area contributed by atoms with Gasteiger partial charge in [-0.2, -0.15) is 0 Å². The molecule has 1 aromatic carbocycles. The number of pyridine rings is 1. The summed E-state index contributed by atoms with van der Waals surface area (Å²) in [6.07, 6.45) is 5.38. The van der Waals surface area contributed by atoms with Crippen molar-refractivity contribution in [2.75, 3.05) is 31.1 Å². The third-order valence-corrected chi connectivity index (χ3v) is 4.49. The molecule has 0 saturated carbocycles. The van der Waals surface area contributed by atoms with Gasteiger partial charge in [0, 0.05) is 72.9 Å². The zero-order valence-electron chi connectivity index (χ0n) is 13.0. The monoisotopic (exact) mass is 539 g/mol. The van der Waals surface area contributed by atoms with Gasteiger partial charge in [0.25, 0.3) is 0 Å². The second-order valence-corrected chi connectivity index (χ2v) is 6.58. The summed E-state index contributed by atoms with van der Waals surface area (Å²) in [5.41, 5.74) is 3.21. The number of piperazine rings is 1. The minimum Gasteiger partial charge on any atom is -0.800 e. The molecule has 2 aromatic rings. The molecule has 1 aliphatic heterocycles. The summed E-state index contributed by atoms with van der Waals surface area (Å²) in [7, 11) is 0. The predicted octanol–water partition coefficient (Wildman–Crippen LogP) is 2.33. The third-order valence-electron chi connectivity index (χ3n) is 3.90. The third kappa shape index (κ3) is 5.37. The molecule has 1 saturated heterocycles. The molecule has 131 valence electrons. The number of nitrogens with zero attached hydrogens (tertiary/aromatic N) is 4. The minimum absolute atomic E-state index is 0. The van der Waals surface area contributed by atoms with Crippen LogP contribution in [-0.4, -0.2) is 47.0 Å². The number of aliphatic imine (C=N–C) groups is 1. The molecule has 1 fully saturated rings. The summed E-state index contributed by atoms with van der Waals surface area (Å²) in [6, 6.07) is 12.2. The largest absolute Gasteiger partial charge is 0.800 e. The van der Waals surface area contributed by atoms with Crippen LogP contribution in [0.3, 0.4) is 0 Å². The maximum absolute atomic E-state index is 5.14. The first-order valence-electron chi connectivity index (χ1n) is 7.57. The molecule has 0 aliphatic carbocycles. The Morgan fingerprint density at radius 1 is 0.958 bits per heavy atom. The van der Waals surface area contributed by atoms with Gasteiger partial charge in [0.1, 0.15) is 0 Å². The van der Waals surface area contributed by atoms with E-state index in [0.717, 1.165) is 37.4 Å². The van der Waals surface area contributed by atoms with Crippen LogP contribution in [0, 0.1) is 0 Å². The number of anilines is 1. The molecular formula is C17H18AuN4S2-2. The van der Waals surface area contributed by atoms with Gasteiger partial charge in [0.15, 0.2) is 0 Å². The van der Waals surface area contributed by atoms with E-state index in [1.165, 1.54) is 5.69 Å². The fourth-order valence-corrected chi connectivity index (χ4v) is 2.96. The van der Waals surface area contributed by atoms with Crippen molar-refractivity contribution in [3.63, 3.8) is 0 Å². The molecule has 0 unspecified atom stereocenters. The Morgan fingerprint density at radius 3 is 2.17 bits per heavy atom. The number of aromatic nitrogens is 1. The zero-order chi connectivity index (χ0) is 16.1. The second kappa shape index (κ2) is 9.65. The average Bonchev–Trinajstić information content (AvgIpc) is 2.61. The Balaban J connectivity index is 0.00000208. The summed E-state index contributed by atoms with van der Waals surface area (Å²) < 4.78 is -0.193. The SMILES string of the molecule is [Au].[S-]C([S-])N1CCN(c2ccc(N=Cc3ccncc3)cc2)CC1. The quantitative estimate of drug-likeness (QED) is 0.339. The predicted molar refractivity (Wildman–Crippen MR) is 100 cm³/mol. The van der Waals surface area contributed by atoms with E-state index in [1.54, 1.807) is 12.4 Å². The van der Waals surface area contributed by atoms with Crippen molar-refractivity contribution in [3.05, 3.63) is 54.4 Å². The molecule has 0 N–H and O–H groups in total. The van der Waals surface area contributed by atoms with Gasteiger partial charge in [0.2, 0.25) is 0 Å². The fraction of sp³-hybridized carbons (Fsp3) is 0.294. The molecule has 1 aliphatic rings. The maximum atomic E-state index is 5.14. The fourth-order valence-electron chi connectivity index (χ4n) is 2.54. The molecule has 0 atom stereocenters. The van der Waals surface area contributed by atoms with Crippen molar-refractivity contribution in [1.82, 2.24) is 9.88 Å². The molecule has 2 heterocycles. The van der Waals surface area contributed by atoms with E-state index in [0.29, 0.717) is 0 Å². The number of hydrogen-bond donors (Lipinski definition) is 0. The van der Waals surface area contributed by atoms with Crippen LogP contribution >= 0.6 is 0 Å². The molecule has 0 spiro atoms. The van der Waals surface area contributed by atoms with Gasteiger partial charge in [-0.15, -0.1) is 0 Å². The first-order valence-corrected chi connectivity index (χ1v) is 8.51. The van der Waals surface area contributed by atoms with Crippen molar-refractivity contribution in [1.29, 1.82) is 0 Å².